The SMILES string of the molecule is CCCCCON=C([C]=O)C#N. The maximum Gasteiger partial charge on any atom is 0.268 e. The quantitative estimate of drug-likeness (QED) is 0.339. The van der Waals surface area contributed by atoms with Crippen molar-refractivity contribution in [2.45, 2.75) is 26.2 Å². The number of rotatable bonds is 6. The number of hydrogen-bond donors (Lipinski definition) is 0. The molecule has 0 saturated heterocycles. The smallest absolute Gasteiger partial charge is 0.268 e. The number of carbonyl (C=O) groups excluding carboxylic acids is 1. The van der Waals surface area contributed by atoms with Crippen LogP contribution in [-0.2, 0) is 9.63 Å². The van der Waals surface area contributed by atoms with E-state index >= 15 is 0 Å². The fraction of sp³-hybridized carbons (Fsp3) is 0.625. The van der Waals surface area contributed by atoms with E-state index < -0.39 is 0 Å². The van der Waals surface area contributed by atoms with Crippen LogP contribution in [-0.4, -0.2) is 18.6 Å². The van der Waals surface area contributed by atoms with E-state index in [2.05, 4.69) is 16.9 Å². The summed E-state index contributed by atoms with van der Waals surface area (Å²) < 4.78 is 0. The van der Waals surface area contributed by atoms with E-state index in [1.165, 1.54) is 6.29 Å². The van der Waals surface area contributed by atoms with Gasteiger partial charge >= 0.3 is 0 Å². The second-order valence-electron chi connectivity index (χ2n) is 2.19. The normalized spacial score (nSPS) is 10.5. The van der Waals surface area contributed by atoms with Gasteiger partial charge in [0.25, 0.3) is 6.29 Å². The Morgan fingerprint density at radius 1 is 1.58 bits per heavy atom. The Hall–Kier alpha value is -1.37. The third-order valence-corrected chi connectivity index (χ3v) is 1.20. The van der Waals surface area contributed by atoms with E-state index in [0.29, 0.717) is 6.61 Å². The molecule has 0 aromatic rings. The molecule has 0 aromatic heterocycles. The molecule has 0 rings (SSSR count). The van der Waals surface area contributed by atoms with Crippen molar-refractivity contribution in [3.8, 4) is 6.07 Å². The first-order chi connectivity index (χ1) is 5.85. The Bertz CT molecular complexity index is 194. The summed E-state index contributed by atoms with van der Waals surface area (Å²) in [5, 5.41) is 11.5. The minimum atomic E-state index is -0.341. The Balaban J connectivity index is 3.46. The van der Waals surface area contributed by atoms with Gasteiger partial charge in [-0.05, 0) is 6.42 Å². The van der Waals surface area contributed by atoms with E-state index in [0.717, 1.165) is 19.3 Å². The van der Waals surface area contributed by atoms with Crippen LogP contribution in [0.25, 0.3) is 0 Å². The van der Waals surface area contributed by atoms with Gasteiger partial charge in [-0.25, -0.2) is 0 Å². The van der Waals surface area contributed by atoms with Gasteiger partial charge in [0.15, 0.2) is 0 Å². The van der Waals surface area contributed by atoms with E-state index in [9.17, 15) is 4.79 Å². The van der Waals surface area contributed by atoms with Gasteiger partial charge in [0.1, 0.15) is 12.7 Å². The average molecular weight is 167 g/mol. The minimum absolute atomic E-state index is 0.341. The third kappa shape index (κ3) is 5.42. The Labute approximate surface area is 71.8 Å². The molecule has 0 atom stereocenters. The second-order valence-corrected chi connectivity index (χ2v) is 2.19. The minimum Gasteiger partial charge on any atom is -0.395 e. The predicted molar refractivity (Wildman–Crippen MR) is 44.2 cm³/mol. The molecule has 4 nitrogen and oxygen atoms in total. The molecule has 1 radical (unpaired) electrons. The summed E-state index contributed by atoms with van der Waals surface area (Å²) in [5.74, 6) is 0. The highest BCUT2D eigenvalue weighted by Crippen LogP contribution is 1.94. The lowest BCUT2D eigenvalue weighted by Gasteiger charge is -1.95. The highest BCUT2D eigenvalue weighted by atomic mass is 16.6. The van der Waals surface area contributed by atoms with Crippen LogP contribution in [0.3, 0.4) is 0 Å². The lowest BCUT2D eigenvalue weighted by atomic mass is 10.3. The first-order valence-corrected chi connectivity index (χ1v) is 3.83. The van der Waals surface area contributed by atoms with Crippen LogP contribution in [0.4, 0.5) is 0 Å². The van der Waals surface area contributed by atoms with Crippen LogP contribution < -0.4 is 0 Å². The molecule has 0 amide bonds. The van der Waals surface area contributed by atoms with Gasteiger partial charge in [0.2, 0.25) is 5.71 Å². The molecule has 4 heteroatoms. The van der Waals surface area contributed by atoms with E-state index in [1.54, 1.807) is 6.07 Å². The van der Waals surface area contributed by atoms with Gasteiger partial charge in [-0.1, -0.05) is 24.9 Å². The van der Waals surface area contributed by atoms with Crippen molar-refractivity contribution >= 4 is 12.0 Å². The van der Waals surface area contributed by atoms with Crippen molar-refractivity contribution in [3.63, 3.8) is 0 Å². The van der Waals surface area contributed by atoms with Crippen LogP contribution in [0.1, 0.15) is 26.2 Å². The standard InChI is InChI=1S/C8H11N2O2/c1-2-3-4-5-12-10-8(6-9)7-11/h2-5H2,1H3. The maximum atomic E-state index is 9.90. The molecule has 0 N–H and O–H groups in total. The topological polar surface area (TPSA) is 62.4 Å². The fourth-order valence-corrected chi connectivity index (χ4v) is 0.589. The van der Waals surface area contributed by atoms with Crippen molar-refractivity contribution in [2.24, 2.45) is 5.16 Å². The Kier molecular flexibility index (Phi) is 6.85. The largest absolute Gasteiger partial charge is 0.395 e. The number of oxime groups is 1. The van der Waals surface area contributed by atoms with Crippen LogP contribution >= 0.6 is 0 Å². The number of nitrogens with zero attached hydrogens (tertiary/aromatic N) is 2. The predicted octanol–water partition coefficient (Wildman–Crippen LogP) is 1.18. The zero-order chi connectivity index (χ0) is 9.23. The van der Waals surface area contributed by atoms with E-state index in [4.69, 9.17) is 5.26 Å². The molecule has 0 aliphatic rings. The summed E-state index contributed by atoms with van der Waals surface area (Å²) in [6, 6.07) is 1.54. The first kappa shape index (κ1) is 10.6. The van der Waals surface area contributed by atoms with Crippen molar-refractivity contribution in [1.82, 2.24) is 0 Å². The van der Waals surface area contributed by atoms with Gasteiger partial charge in [-0.15, -0.1) is 0 Å². The summed E-state index contributed by atoms with van der Waals surface area (Å²) in [6.45, 7) is 2.52. The highest BCUT2D eigenvalue weighted by molar-refractivity contribution is 6.35. The average Bonchev–Trinajstić information content (AvgIpc) is 2.11. The maximum absolute atomic E-state index is 9.90. The van der Waals surface area contributed by atoms with Crippen molar-refractivity contribution in [2.75, 3.05) is 6.61 Å². The fourth-order valence-electron chi connectivity index (χ4n) is 0.589. The summed E-state index contributed by atoms with van der Waals surface area (Å²) in [7, 11) is 0. The lowest BCUT2D eigenvalue weighted by molar-refractivity contribution is 0.141. The van der Waals surface area contributed by atoms with Gasteiger partial charge in [-0.3, -0.25) is 4.79 Å². The molecule has 0 heterocycles. The van der Waals surface area contributed by atoms with E-state index in [-0.39, 0.29) is 5.71 Å². The number of nitriles is 1. The van der Waals surface area contributed by atoms with Gasteiger partial charge in [-0.2, -0.15) is 5.26 Å². The molecule has 0 aromatic carbocycles. The zero-order valence-electron chi connectivity index (χ0n) is 7.04. The summed E-state index contributed by atoms with van der Waals surface area (Å²) in [4.78, 5) is 14.6. The highest BCUT2D eigenvalue weighted by Gasteiger charge is 1.94. The molecule has 0 saturated carbocycles. The molecule has 0 aliphatic heterocycles. The first-order valence-electron chi connectivity index (χ1n) is 3.83. The summed E-state index contributed by atoms with van der Waals surface area (Å²) in [6.07, 6.45) is 4.40. The third-order valence-electron chi connectivity index (χ3n) is 1.20. The number of hydrogen-bond acceptors (Lipinski definition) is 4. The molecule has 0 aliphatic carbocycles. The molecule has 0 spiro atoms. The molecule has 65 valence electrons. The van der Waals surface area contributed by atoms with Crippen LogP contribution in [0.15, 0.2) is 5.16 Å². The summed E-state index contributed by atoms with van der Waals surface area (Å²) >= 11 is 0. The van der Waals surface area contributed by atoms with Gasteiger partial charge < -0.3 is 4.84 Å². The zero-order valence-corrected chi connectivity index (χ0v) is 7.04. The summed E-state index contributed by atoms with van der Waals surface area (Å²) in [5.41, 5.74) is -0.341. The van der Waals surface area contributed by atoms with Crippen LogP contribution in [0, 0.1) is 11.3 Å². The molecule has 0 bridgehead atoms. The van der Waals surface area contributed by atoms with Crippen molar-refractivity contribution < 1.29 is 9.63 Å². The Morgan fingerprint density at radius 2 is 2.33 bits per heavy atom. The molecular weight excluding hydrogens is 156 g/mol. The van der Waals surface area contributed by atoms with Gasteiger partial charge in [0, 0.05) is 0 Å². The van der Waals surface area contributed by atoms with Crippen molar-refractivity contribution in [1.29, 1.82) is 5.26 Å². The second kappa shape index (κ2) is 7.73. The lowest BCUT2D eigenvalue weighted by Crippen LogP contribution is -1.97. The molecule has 12 heavy (non-hydrogen) atoms. The molecular formula is C8H11N2O2. The number of unbranched alkanes of at least 4 members (excludes halogenated alkanes) is 2. The van der Waals surface area contributed by atoms with Crippen LogP contribution in [0.5, 0.6) is 0 Å². The monoisotopic (exact) mass is 167 g/mol. The van der Waals surface area contributed by atoms with Crippen LogP contribution in [0.2, 0.25) is 0 Å². The van der Waals surface area contributed by atoms with Gasteiger partial charge in [0.05, 0.1) is 0 Å². The Morgan fingerprint density at radius 3 is 2.83 bits per heavy atom. The molecule has 0 fully saturated rings. The molecule has 0 unspecified atom stereocenters. The van der Waals surface area contributed by atoms with Crippen molar-refractivity contribution in [3.05, 3.63) is 0 Å². The van der Waals surface area contributed by atoms with E-state index in [1.807, 2.05) is 0 Å².